The highest BCUT2D eigenvalue weighted by Gasteiger charge is 2.17. The Morgan fingerprint density at radius 1 is 1.00 bits per heavy atom. The van der Waals surface area contributed by atoms with Crippen LogP contribution < -0.4 is 0 Å². The summed E-state index contributed by atoms with van der Waals surface area (Å²) in [5.41, 5.74) is 3.69. The molecule has 0 nitrogen and oxygen atoms in total. The van der Waals surface area contributed by atoms with Gasteiger partial charge >= 0.3 is 0 Å². The van der Waals surface area contributed by atoms with Crippen LogP contribution in [0, 0.1) is 25.5 Å². The van der Waals surface area contributed by atoms with E-state index in [1.807, 2.05) is 13.8 Å². The second-order valence-electron chi connectivity index (χ2n) is 4.49. The highest BCUT2D eigenvalue weighted by molar-refractivity contribution is 9.10. The predicted molar refractivity (Wildman–Crippen MR) is 80.7 cm³/mol. The number of hydrogen-bond acceptors (Lipinski definition) is 0. The van der Waals surface area contributed by atoms with Gasteiger partial charge in [0.2, 0.25) is 0 Å². The molecule has 0 radical (unpaired) electrons. The van der Waals surface area contributed by atoms with Crippen LogP contribution >= 0.6 is 31.9 Å². The maximum atomic E-state index is 13.3. The molecule has 100 valence electrons. The van der Waals surface area contributed by atoms with Crippen molar-refractivity contribution in [1.29, 1.82) is 0 Å². The van der Waals surface area contributed by atoms with Crippen molar-refractivity contribution in [3.05, 3.63) is 68.7 Å². The minimum absolute atomic E-state index is 0.0926. The molecule has 0 amide bonds. The Hall–Kier alpha value is -0.740. The van der Waals surface area contributed by atoms with Crippen molar-refractivity contribution in [2.24, 2.45) is 0 Å². The van der Waals surface area contributed by atoms with Gasteiger partial charge in [-0.1, -0.05) is 22.0 Å². The minimum atomic E-state index is -0.295. The molecule has 0 aliphatic carbocycles. The van der Waals surface area contributed by atoms with Crippen molar-refractivity contribution in [3.63, 3.8) is 0 Å². The van der Waals surface area contributed by atoms with Gasteiger partial charge in [-0.3, -0.25) is 0 Å². The normalized spacial score (nSPS) is 12.5. The van der Waals surface area contributed by atoms with E-state index in [1.165, 1.54) is 18.2 Å². The molecule has 0 saturated carbocycles. The second-order valence-corrected chi connectivity index (χ2v) is 6.26. The molecule has 1 unspecified atom stereocenters. The lowest BCUT2D eigenvalue weighted by molar-refractivity contribution is 0.620. The predicted octanol–water partition coefficient (Wildman–Crippen LogP) is 5.83. The number of rotatable bonds is 2. The van der Waals surface area contributed by atoms with Crippen molar-refractivity contribution in [2.45, 2.75) is 18.7 Å². The summed E-state index contributed by atoms with van der Waals surface area (Å²) in [6, 6.07) is 7.89. The van der Waals surface area contributed by atoms with Crippen molar-refractivity contribution >= 4 is 31.9 Å². The van der Waals surface area contributed by atoms with Crippen LogP contribution in [0.2, 0.25) is 0 Å². The molecule has 1 atom stereocenters. The van der Waals surface area contributed by atoms with Gasteiger partial charge in [0.1, 0.15) is 11.6 Å². The van der Waals surface area contributed by atoms with Gasteiger partial charge in [0.05, 0.1) is 9.30 Å². The van der Waals surface area contributed by atoms with Crippen molar-refractivity contribution in [2.75, 3.05) is 0 Å². The third-order valence-electron chi connectivity index (χ3n) is 3.05. The molecule has 0 N–H and O–H groups in total. The van der Waals surface area contributed by atoms with E-state index >= 15 is 0 Å². The molecular weight excluding hydrogens is 378 g/mol. The summed E-state index contributed by atoms with van der Waals surface area (Å²) in [5, 5.41) is 0. The van der Waals surface area contributed by atoms with E-state index in [-0.39, 0.29) is 16.5 Å². The lowest BCUT2D eigenvalue weighted by atomic mass is 9.96. The van der Waals surface area contributed by atoms with Crippen LogP contribution in [0.5, 0.6) is 0 Å². The summed E-state index contributed by atoms with van der Waals surface area (Å²) >= 11 is 6.79. The highest BCUT2D eigenvalue weighted by atomic mass is 79.9. The largest absolute Gasteiger partial charge is 0.207 e. The van der Waals surface area contributed by atoms with Gasteiger partial charge in [-0.05, 0) is 76.3 Å². The zero-order chi connectivity index (χ0) is 14.2. The van der Waals surface area contributed by atoms with E-state index in [0.29, 0.717) is 4.47 Å². The topological polar surface area (TPSA) is 0 Å². The third kappa shape index (κ3) is 3.06. The summed E-state index contributed by atoms with van der Waals surface area (Å²) in [6.45, 7) is 3.75. The molecule has 2 aromatic carbocycles. The summed E-state index contributed by atoms with van der Waals surface area (Å²) in [6.07, 6.45) is 0. The van der Waals surface area contributed by atoms with Gasteiger partial charge in [0, 0.05) is 0 Å². The molecular formula is C15H12Br2F2. The van der Waals surface area contributed by atoms with Gasteiger partial charge in [0.25, 0.3) is 0 Å². The molecule has 0 spiro atoms. The van der Waals surface area contributed by atoms with Gasteiger partial charge in [-0.15, -0.1) is 0 Å². The molecule has 0 aliphatic heterocycles. The first kappa shape index (κ1) is 14.7. The number of hydrogen-bond donors (Lipinski definition) is 0. The number of halogens is 4. The van der Waals surface area contributed by atoms with Crippen LogP contribution in [0.4, 0.5) is 8.78 Å². The summed E-state index contributed by atoms with van der Waals surface area (Å²) in [5.74, 6) is -0.533. The fourth-order valence-corrected chi connectivity index (χ4v) is 3.56. The Morgan fingerprint density at radius 2 is 1.58 bits per heavy atom. The molecule has 0 bridgehead atoms. The molecule has 2 rings (SSSR count). The summed E-state index contributed by atoms with van der Waals surface area (Å²) in [7, 11) is 0. The Morgan fingerprint density at radius 3 is 2.11 bits per heavy atom. The van der Waals surface area contributed by atoms with Gasteiger partial charge < -0.3 is 0 Å². The monoisotopic (exact) mass is 388 g/mol. The zero-order valence-corrected chi connectivity index (χ0v) is 13.6. The molecule has 0 aromatic heterocycles. The Labute approximate surface area is 128 Å². The summed E-state index contributed by atoms with van der Waals surface area (Å²) in [4.78, 5) is -0.0926. The molecule has 2 aromatic rings. The fraction of sp³-hybridized carbons (Fsp3) is 0.200. The first-order valence-electron chi connectivity index (χ1n) is 5.76. The fourth-order valence-electron chi connectivity index (χ4n) is 2.16. The zero-order valence-electron chi connectivity index (χ0n) is 10.5. The van der Waals surface area contributed by atoms with Crippen LogP contribution in [0.25, 0.3) is 0 Å². The van der Waals surface area contributed by atoms with Crippen LogP contribution in [0.3, 0.4) is 0 Å². The van der Waals surface area contributed by atoms with E-state index < -0.39 is 0 Å². The summed E-state index contributed by atoms with van der Waals surface area (Å²) < 4.78 is 27.0. The average Bonchev–Trinajstić information content (AvgIpc) is 2.31. The first-order chi connectivity index (χ1) is 8.90. The van der Waals surface area contributed by atoms with Crippen LogP contribution in [0.1, 0.15) is 27.1 Å². The van der Waals surface area contributed by atoms with E-state index in [4.69, 9.17) is 0 Å². The van der Waals surface area contributed by atoms with E-state index in [2.05, 4.69) is 31.9 Å². The number of aryl methyl sites for hydroxylation is 2. The van der Waals surface area contributed by atoms with E-state index in [1.54, 1.807) is 12.1 Å². The van der Waals surface area contributed by atoms with E-state index in [9.17, 15) is 8.78 Å². The SMILES string of the molecule is Cc1cc(F)cc(C)c1C(Br)c1ccc(F)c(Br)c1. The number of benzene rings is 2. The smallest absolute Gasteiger partial charge is 0.137 e. The maximum Gasteiger partial charge on any atom is 0.137 e. The van der Waals surface area contributed by atoms with Gasteiger partial charge in [0.15, 0.2) is 0 Å². The van der Waals surface area contributed by atoms with Gasteiger partial charge in [-0.25, -0.2) is 8.78 Å². The molecule has 0 heterocycles. The standard InChI is InChI=1S/C15H12Br2F2/c1-8-5-11(18)6-9(2)14(8)15(17)10-3-4-13(19)12(16)7-10/h3-7,15H,1-2H3. The second kappa shape index (κ2) is 5.71. The minimum Gasteiger partial charge on any atom is -0.207 e. The highest BCUT2D eigenvalue weighted by Crippen LogP contribution is 2.36. The first-order valence-corrected chi connectivity index (χ1v) is 7.46. The van der Waals surface area contributed by atoms with Crippen molar-refractivity contribution in [3.8, 4) is 0 Å². The molecule has 0 fully saturated rings. The van der Waals surface area contributed by atoms with Crippen molar-refractivity contribution in [1.82, 2.24) is 0 Å². The Kier molecular flexibility index (Phi) is 4.41. The third-order valence-corrected chi connectivity index (χ3v) is 4.64. The van der Waals surface area contributed by atoms with E-state index in [0.717, 1.165) is 22.3 Å². The van der Waals surface area contributed by atoms with Crippen LogP contribution in [-0.4, -0.2) is 0 Å². The Balaban J connectivity index is 2.49. The average molecular weight is 390 g/mol. The van der Waals surface area contributed by atoms with Crippen molar-refractivity contribution < 1.29 is 8.78 Å². The van der Waals surface area contributed by atoms with Gasteiger partial charge in [-0.2, -0.15) is 0 Å². The quantitative estimate of drug-likeness (QED) is 0.567. The Bertz CT molecular complexity index is 601. The lowest BCUT2D eigenvalue weighted by Gasteiger charge is -2.17. The number of alkyl halides is 1. The van der Waals surface area contributed by atoms with Crippen LogP contribution in [0.15, 0.2) is 34.8 Å². The molecule has 19 heavy (non-hydrogen) atoms. The van der Waals surface area contributed by atoms with Crippen LogP contribution in [-0.2, 0) is 0 Å². The molecule has 0 saturated heterocycles. The maximum absolute atomic E-state index is 13.3. The molecule has 4 heteroatoms. The molecule has 0 aliphatic rings. The lowest BCUT2D eigenvalue weighted by Crippen LogP contribution is -2.00.